The normalized spacial score (nSPS) is 14.8. The van der Waals surface area contributed by atoms with Gasteiger partial charge in [-0.3, -0.25) is 14.5 Å². The molecule has 3 rings (SSSR count). The van der Waals surface area contributed by atoms with Gasteiger partial charge in [0.25, 0.3) is 5.91 Å². The van der Waals surface area contributed by atoms with Crippen molar-refractivity contribution in [3.05, 3.63) is 71.3 Å². The predicted octanol–water partition coefficient (Wildman–Crippen LogP) is 2.76. The second-order valence-corrected chi connectivity index (χ2v) is 7.23. The van der Waals surface area contributed by atoms with Crippen LogP contribution in [-0.4, -0.2) is 42.4 Å². The van der Waals surface area contributed by atoms with E-state index in [1.165, 1.54) is 11.1 Å². The van der Waals surface area contributed by atoms with Crippen molar-refractivity contribution in [3.63, 3.8) is 0 Å². The third-order valence-electron chi connectivity index (χ3n) is 5.36. The lowest BCUT2D eigenvalue weighted by Gasteiger charge is -2.35. The summed E-state index contributed by atoms with van der Waals surface area (Å²) in [5.41, 5.74) is 3.44. The number of hydrogen-bond donors (Lipinski definition) is 2. The third kappa shape index (κ3) is 5.42. The highest BCUT2D eigenvalue weighted by Gasteiger charge is 2.22. The van der Waals surface area contributed by atoms with Gasteiger partial charge in [0.15, 0.2) is 0 Å². The average Bonchev–Trinajstić information content (AvgIpc) is 2.74. The molecule has 1 heterocycles. The van der Waals surface area contributed by atoms with Crippen LogP contribution in [0.4, 0.5) is 0 Å². The Morgan fingerprint density at radius 2 is 1.71 bits per heavy atom. The average molecular weight is 380 g/mol. The summed E-state index contributed by atoms with van der Waals surface area (Å²) >= 11 is 0. The second-order valence-electron chi connectivity index (χ2n) is 7.23. The zero-order chi connectivity index (χ0) is 19.8. The summed E-state index contributed by atoms with van der Waals surface area (Å²) < 4.78 is 0. The Balaban J connectivity index is 1.40. The van der Waals surface area contributed by atoms with E-state index in [1.807, 2.05) is 18.2 Å². The number of amides is 2. The zero-order valence-corrected chi connectivity index (χ0v) is 16.5. The number of nitrogens with one attached hydrogen (secondary N) is 2. The Bertz CT molecular complexity index is 791. The highest BCUT2D eigenvalue weighted by Crippen LogP contribution is 2.21. The van der Waals surface area contributed by atoms with E-state index < -0.39 is 0 Å². The van der Waals surface area contributed by atoms with Crippen molar-refractivity contribution in [1.29, 1.82) is 0 Å². The van der Waals surface area contributed by atoms with Crippen molar-refractivity contribution in [3.8, 4) is 0 Å². The van der Waals surface area contributed by atoms with Crippen molar-refractivity contribution in [2.45, 2.75) is 38.8 Å². The van der Waals surface area contributed by atoms with E-state index in [1.54, 1.807) is 12.1 Å². The van der Waals surface area contributed by atoms with E-state index in [0.29, 0.717) is 24.7 Å². The van der Waals surface area contributed by atoms with Crippen LogP contribution >= 0.6 is 0 Å². The smallest absolute Gasteiger partial charge is 0.251 e. The minimum Gasteiger partial charge on any atom is -0.354 e. The molecule has 0 fully saturated rings. The van der Waals surface area contributed by atoms with E-state index in [0.717, 1.165) is 25.9 Å². The Kier molecular flexibility index (Phi) is 7.20. The van der Waals surface area contributed by atoms with Gasteiger partial charge in [0, 0.05) is 44.2 Å². The molecule has 2 N–H and O–H groups in total. The number of hydrogen-bond acceptors (Lipinski definition) is 3. The van der Waals surface area contributed by atoms with Crippen molar-refractivity contribution in [2.75, 3.05) is 19.6 Å². The second kappa shape index (κ2) is 10.0. The van der Waals surface area contributed by atoms with Gasteiger partial charge in [0.05, 0.1) is 0 Å². The highest BCUT2D eigenvalue weighted by atomic mass is 16.2. The fourth-order valence-corrected chi connectivity index (χ4v) is 3.66. The molecule has 2 aromatic carbocycles. The maximum Gasteiger partial charge on any atom is 0.251 e. The van der Waals surface area contributed by atoms with Crippen LogP contribution in [-0.2, 0) is 17.8 Å². The zero-order valence-electron chi connectivity index (χ0n) is 16.5. The van der Waals surface area contributed by atoms with Gasteiger partial charge in [-0.15, -0.1) is 0 Å². The molecular formula is C23H29N3O2. The molecule has 0 saturated carbocycles. The van der Waals surface area contributed by atoms with Gasteiger partial charge in [-0.1, -0.05) is 49.4 Å². The number of fused-ring (bicyclic) bond motifs is 1. The highest BCUT2D eigenvalue weighted by molar-refractivity contribution is 5.94. The molecule has 2 aromatic rings. The largest absolute Gasteiger partial charge is 0.354 e. The summed E-state index contributed by atoms with van der Waals surface area (Å²) in [6, 6.07) is 18.0. The van der Waals surface area contributed by atoms with E-state index in [9.17, 15) is 9.59 Å². The molecule has 0 aliphatic carbocycles. The maximum atomic E-state index is 12.2. The fourth-order valence-electron chi connectivity index (χ4n) is 3.66. The molecule has 1 unspecified atom stereocenters. The first-order valence-electron chi connectivity index (χ1n) is 10.1. The summed E-state index contributed by atoms with van der Waals surface area (Å²) in [5.74, 6) is -0.170. The number of carbonyl (C=O) groups excluding carboxylic acids is 2. The van der Waals surface area contributed by atoms with E-state index in [4.69, 9.17) is 0 Å². The lowest BCUT2D eigenvalue weighted by molar-refractivity contribution is -0.121. The molecule has 1 aliphatic heterocycles. The number of benzene rings is 2. The molecule has 148 valence electrons. The summed E-state index contributed by atoms with van der Waals surface area (Å²) in [7, 11) is 0. The molecular weight excluding hydrogens is 350 g/mol. The minimum atomic E-state index is -0.146. The van der Waals surface area contributed by atoms with Gasteiger partial charge in [-0.05, 0) is 36.1 Å². The molecule has 1 aliphatic rings. The first-order chi connectivity index (χ1) is 13.7. The van der Waals surface area contributed by atoms with Crippen LogP contribution in [0, 0.1) is 0 Å². The fraction of sp³-hybridized carbons (Fsp3) is 0.391. The van der Waals surface area contributed by atoms with Crippen LogP contribution in [0.2, 0.25) is 0 Å². The van der Waals surface area contributed by atoms with Crippen molar-refractivity contribution in [2.24, 2.45) is 0 Å². The van der Waals surface area contributed by atoms with Crippen molar-refractivity contribution in [1.82, 2.24) is 15.5 Å². The molecule has 0 saturated heterocycles. The molecule has 0 radical (unpaired) electrons. The molecule has 0 aromatic heterocycles. The lowest BCUT2D eigenvalue weighted by atomic mass is 9.98. The van der Waals surface area contributed by atoms with Gasteiger partial charge in [-0.25, -0.2) is 0 Å². The maximum absolute atomic E-state index is 12.2. The quantitative estimate of drug-likeness (QED) is 0.741. The molecule has 2 amide bonds. The van der Waals surface area contributed by atoms with Gasteiger partial charge >= 0.3 is 0 Å². The molecule has 0 bridgehead atoms. The topological polar surface area (TPSA) is 61.4 Å². The summed E-state index contributed by atoms with van der Waals surface area (Å²) in [5, 5.41) is 5.83. The number of rotatable bonds is 8. The Labute approximate surface area is 167 Å². The number of nitrogens with zero attached hydrogens (tertiary/aromatic N) is 1. The van der Waals surface area contributed by atoms with Crippen LogP contribution in [0.3, 0.4) is 0 Å². The van der Waals surface area contributed by atoms with Crippen LogP contribution in [0.15, 0.2) is 54.6 Å². The summed E-state index contributed by atoms with van der Waals surface area (Å²) in [6.07, 6.45) is 2.34. The molecule has 5 heteroatoms. The Hall–Kier alpha value is -2.66. The van der Waals surface area contributed by atoms with Gasteiger partial charge in [-0.2, -0.15) is 0 Å². The third-order valence-corrected chi connectivity index (χ3v) is 5.36. The van der Waals surface area contributed by atoms with E-state index in [-0.39, 0.29) is 18.2 Å². The first kappa shape index (κ1) is 20.1. The number of carbonyl (C=O) groups is 2. The van der Waals surface area contributed by atoms with Crippen LogP contribution in [0.25, 0.3) is 0 Å². The van der Waals surface area contributed by atoms with E-state index in [2.05, 4.69) is 46.7 Å². The standard InChI is InChI=1S/C23H29N3O2/c1-2-21(26-15-13-18-8-6-7-11-20(18)17-26)16-25-22(27)12-14-24-23(28)19-9-4-3-5-10-19/h3-11,21H,2,12-17H2,1H3,(H,24,28)(H,25,27). The predicted molar refractivity (Wildman–Crippen MR) is 111 cm³/mol. The molecule has 1 atom stereocenters. The molecule has 28 heavy (non-hydrogen) atoms. The van der Waals surface area contributed by atoms with Gasteiger partial charge in [0.2, 0.25) is 5.91 Å². The molecule has 0 spiro atoms. The monoisotopic (exact) mass is 379 g/mol. The lowest BCUT2D eigenvalue weighted by Crippen LogP contribution is -2.46. The summed E-state index contributed by atoms with van der Waals surface area (Å²) in [6.45, 7) is 5.12. The van der Waals surface area contributed by atoms with Crippen LogP contribution in [0.1, 0.15) is 41.3 Å². The first-order valence-corrected chi connectivity index (χ1v) is 10.1. The van der Waals surface area contributed by atoms with Crippen molar-refractivity contribution >= 4 is 11.8 Å². The Morgan fingerprint density at radius 3 is 2.46 bits per heavy atom. The Morgan fingerprint density at radius 1 is 1.00 bits per heavy atom. The van der Waals surface area contributed by atoms with Gasteiger partial charge < -0.3 is 10.6 Å². The minimum absolute atomic E-state index is 0.0239. The SMILES string of the molecule is CCC(CNC(=O)CCNC(=O)c1ccccc1)N1CCc2ccccc2C1. The van der Waals surface area contributed by atoms with Crippen LogP contribution < -0.4 is 10.6 Å². The van der Waals surface area contributed by atoms with Gasteiger partial charge in [0.1, 0.15) is 0 Å². The van der Waals surface area contributed by atoms with E-state index >= 15 is 0 Å². The van der Waals surface area contributed by atoms with Crippen LogP contribution in [0.5, 0.6) is 0 Å². The summed E-state index contributed by atoms with van der Waals surface area (Å²) in [4.78, 5) is 26.6. The van der Waals surface area contributed by atoms with Crippen molar-refractivity contribution < 1.29 is 9.59 Å². The molecule has 5 nitrogen and oxygen atoms in total.